The highest BCUT2D eigenvalue weighted by Gasteiger charge is 2.03. The first-order valence-electron chi connectivity index (χ1n) is 6.51. The second-order valence-corrected chi connectivity index (χ2v) is 4.36. The molecule has 2 amide bonds. The zero-order chi connectivity index (χ0) is 16.7. The van der Waals surface area contributed by atoms with Crippen LogP contribution in [0.1, 0.15) is 0 Å². The van der Waals surface area contributed by atoms with Crippen molar-refractivity contribution in [3.8, 4) is 0 Å². The molecule has 0 aliphatic heterocycles. The first-order chi connectivity index (χ1) is 11.0. The number of hydrazine groups is 1. The summed E-state index contributed by atoms with van der Waals surface area (Å²) in [5.74, 6) is -0.336. The summed E-state index contributed by atoms with van der Waals surface area (Å²) in [6, 6.07) is 14.9. The van der Waals surface area contributed by atoms with E-state index in [9.17, 15) is 14.9 Å². The summed E-state index contributed by atoms with van der Waals surface area (Å²) in [5.41, 5.74) is 8.68. The Bertz CT molecular complexity index is 715. The van der Waals surface area contributed by atoms with Crippen molar-refractivity contribution in [2.75, 3.05) is 10.6 Å². The van der Waals surface area contributed by atoms with E-state index in [2.05, 4.69) is 15.6 Å². The molecule has 0 aliphatic rings. The fourth-order valence-corrected chi connectivity index (χ4v) is 1.69. The number of para-hydroxylation sites is 1. The molecule has 5 N–H and O–H groups in total. The predicted molar refractivity (Wildman–Crippen MR) is 86.9 cm³/mol. The van der Waals surface area contributed by atoms with Crippen LogP contribution in [0.15, 0.2) is 59.6 Å². The average molecular weight is 314 g/mol. The molecule has 0 unspecified atom stereocenters. The summed E-state index contributed by atoms with van der Waals surface area (Å²) in [5, 5.41) is 14.7. The van der Waals surface area contributed by atoms with Crippen LogP contribution in [0.25, 0.3) is 0 Å². The molecule has 0 radical (unpaired) electrons. The summed E-state index contributed by atoms with van der Waals surface area (Å²) in [6.45, 7) is 0. The first kappa shape index (κ1) is 15.8. The predicted octanol–water partition coefficient (Wildman–Crippen LogP) is 2.06. The highest BCUT2D eigenvalue weighted by Crippen LogP contribution is 2.16. The normalized spacial score (nSPS) is 10.7. The molecule has 0 aromatic heterocycles. The number of anilines is 2. The van der Waals surface area contributed by atoms with Gasteiger partial charge in [0, 0.05) is 11.4 Å². The average Bonchev–Trinajstić information content (AvgIpc) is 2.49. The standard InChI is InChI=1S/C14H14N6O3/c15-13(19-20(22)23)16-11-6-8-12(9-7-11)18-14(21)17-10-4-2-1-3-5-10/h1-9H,(H3,15,16,19)(H2,17,18,21). The number of aliphatic imine (C=N–C) groups is 1. The van der Waals surface area contributed by atoms with Gasteiger partial charge in [-0.05, 0) is 36.4 Å². The zero-order valence-corrected chi connectivity index (χ0v) is 11.9. The number of nitro groups is 1. The van der Waals surface area contributed by atoms with E-state index >= 15 is 0 Å². The molecule has 2 aromatic carbocycles. The largest absolute Gasteiger partial charge is 0.365 e. The van der Waals surface area contributed by atoms with Gasteiger partial charge in [0.05, 0.1) is 5.69 Å². The second kappa shape index (κ2) is 7.41. The smallest absolute Gasteiger partial charge is 0.323 e. The molecule has 0 fully saturated rings. The summed E-state index contributed by atoms with van der Waals surface area (Å²) in [6.07, 6.45) is 0. The fraction of sp³-hybridized carbons (Fsp3) is 0. The van der Waals surface area contributed by atoms with Gasteiger partial charge in [-0.1, -0.05) is 23.6 Å². The summed E-state index contributed by atoms with van der Waals surface area (Å²) < 4.78 is 0. The quantitative estimate of drug-likeness (QED) is 0.296. The highest BCUT2D eigenvalue weighted by atomic mass is 16.7. The molecular formula is C14H14N6O3. The first-order valence-corrected chi connectivity index (χ1v) is 6.51. The van der Waals surface area contributed by atoms with Gasteiger partial charge in [-0.3, -0.25) is 0 Å². The van der Waals surface area contributed by atoms with E-state index < -0.39 is 5.03 Å². The van der Waals surface area contributed by atoms with Gasteiger partial charge >= 0.3 is 6.03 Å². The molecule has 0 heterocycles. The topological polar surface area (TPSA) is 135 Å². The maximum Gasteiger partial charge on any atom is 0.323 e. The van der Waals surface area contributed by atoms with Gasteiger partial charge in [0.1, 0.15) is 0 Å². The van der Waals surface area contributed by atoms with Gasteiger partial charge in [-0.2, -0.15) is 0 Å². The minimum Gasteiger partial charge on any atom is -0.365 e. The van der Waals surface area contributed by atoms with Gasteiger partial charge in [-0.25, -0.2) is 19.9 Å². The number of nitrogens with two attached hydrogens (primary N) is 1. The molecule has 9 nitrogen and oxygen atoms in total. The second-order valence-electron chi connectivity index (χ2n) is 4.36. The van der Waals surface area contributed by atoms with Crippen LogP contribution in [-0.4, -0.2) is 17.0 Å². The van der Waals surface area contributed by atoms with E-state index in [-0.39, 0.29) is 12.0 Å². The molecule has 23 heavy (non-hydrogen) atoms. The Morgan fingerprint density at radius 1 is 1.00 bits per heavy atom. The Morgan fingerprint density at radius 3 is 2.13 bits per heavy atom. The third kappa shape index (κ3) is 5.34. The molecule has 0 saturated carbocycles. The molecule has 2 rings (SSSR count). The van der Waals surface area contributed by atoms with Crippen LogP contribution < -0.4 is 21.8 Å². The van der Waals surface area contributed by atoms with Crippen molar-refractivity contribution >= 4 is 29.1 Å². The van der Waals surface area contributed by atoms with Crippen molar-refractivity contribution in [2.24, 2.45) is 10.7 Å². The van der Waals surface area contributed by atoms with E-state index in [1.165, 1.54) is 0 Å². The van der Waals surface area contributed by atoms with E-state index in [4.69, 9.17) is 5.73 Å². The van der Waals surface area contributed by atoms with Crippen LogP contribution in [-0.2, 0) is 0 Å². The number of carbonyl (C=O) groups excluding carboxylic acids is 1. The van der Waals surface area contributed by atoms with E-state index in [1.807, 2.05) is 18.2 Å². The molecule has 118 valence electrons. The SMILES string of the molecule is NC(=Nc1ccc(NC(=O)Nc2ccccc2)cc1)N[N+](=O)[O-]. The van der Waals surface area contributed by atoms with Crippen molar-refractivity contribution in [1.29, 1.82) is 0 Å². The fourth-order valence-electron chi connectivity index (χ4n) is 1.69. The van der Waals surface area contributed by atoms with Crippen LogP contribution in [0, 0.1) is 10.1 Å². The number of nitrogens with zero attached hydrogens (tertiary/aromatic N) is 2. The van der Waals surface area contributed by atoms with Crippen LogP contribution in [0.3, 0.4) is 0 Å². The third-order valence-electron chi connectivity index (χ3n) is 2.61. The lowest BCUT2D eigenvalue weighted by molar-refractivity contribution is -0.525. The summed E-state index contributed by atoms with van der Waals surface area (Å²) >= 11 is 0. The number of amides is 2. The number of guanidine groups is 1. The van der Waals surface area contributed by atoms with Crippen LogP contribution in [0.2, 0.25) is 0 Å². The van der Waals surface area contributed by atoms with Crippen LogP contribution in [0.5, 0.6) is 0 Å². The van der Waals surface area contributed by atoms with E-state index in [1.54, 1.807) is 41.8 Å². The van der Waals surface area contributed by atoms with Crippen molar-refractivity contribution in [3.05, 3.63) is 64.7 Å². The van der Waals surface area contributed by atoms with E-state index in [0.29, 0.717) is 17.1 Å². The van der Waals surface area contributed by atoms with Gasteiger partial charge in [0.2, 0.25) is 0 Å². The van der Waals surface area contributed by atoms with Crippen molar-refractivity contribution in [3.63, 3.8) is 0 Å². The minimum atomic E-state index is -0.803. The van der Waals surface area contributed by atoms with Crippen LogP contribution >= 0.6 is 0 Å². The summed E-state index contributed by atoms with van der Waals surface area (Å²) in [4.78, 5) is 25.8. The van der Waals surface area contributed by atoms with Crippen molar-refractivity contribution in [2.45, 2.75) is 0 Å². The third-order valence-corrected chi connectivity index (χ3v) is 2.61. The Kier molecular flexibility index (Phi) is 5.08. The van der Waals surface area contributed by atoms with Crippen molar-refractivity contribution < 1.29 is 9.83 Å². The number of carbonyl (C=O) groups is 1. The van der Waals surface area contributed by atoms with E-state index in [0.717, 1.165) is 0 Å². The number of urea groups is 1. The number of benzene rings is 2. The maximum atomic E-state index is 11.8. The number of hydrogen-bond acceptors (Lipinski definition) is 4. The van der Waals surface area contributed by atoms with Gasteiger partial charge in [0.15, 0.2) is 5.03 Å². The molecule has 9 heteroatoms. The van der Waals surface area contributed by atoms with Crippen LogP contribution in [0.4, 0.5) is 21.9 Å². The molecule has 0 bridgehead atoms. The number of rotatable bonds is 4. The molecule has 0 saturated heterocycles. The maximum absolute atomic E-state index is 11.8. The monoisotopic (exact) mass is 314 g/mol. The Labute approximate surface area is 131 Å². The summed E-state index contributed by atoms with van der Waals surface area (Å²) in [7, 11) is 0. The Hall–Kier alpha value is -3.62. The molecule has 0 aliphatic carbocycles. The lowest BCUT2D eigenvalue weighted by Crippen LogP contribution is -2.35. The minimum absolute atomic E-state index is 0.336. The highest BCUT2D eigenvalue weighted by molar-refractivity contribution is 5.99. The zero-order valence-electron chi connectivity index (χ0n) is 11.9. The number of hydrogen-bond donors (Lipinski definition) is 4. The Balaban J connectivity index is 1.94. The number of nitrogens with one attached hydrogen (secondary N) is 3. The Morgan fingerprint density at radius 2 is 1.57 bits per heavy atom. The lowest BCUT2D eigenvalue weighted by Gasteiger charge is -2.07. The van der Waals surface area contributed by atoms with Crippen molar-refractivity contribution in [1.82, 2.24) is 5.43 Å². The lowest BCUT2D eigenvalue weighted by atomic mass is 10.3. The van der Waals surface area contributed by atoms with Gasteiger partial charge in [0.25, 0.3) is 5.96 Å². The van der Waals surface area contributed by atoms with Gasteiger partial charge < -0.3 is 16.4 Å². The molecule has 2 aromatic rings. The molecule has 0 atom stereocenters. The van der Waals surface area contributed by atoms with Gasteiger partial charge in [-0.15, -0.1) is 0 Å². The molecular weight excluding hydrogens is 300 g/mol. The molecule has 0 spiro atoms.